The summed E-state index contributed by atoms with van der Waals surface area (Å²) in [6.45, 7) is 0. The summed E-state index contributed by atoms with van der Waals surface area (Å²) < 4.78 is 13.3. The summed E-state index contributed by atoms with van der Waals surface area (Å²) in [5, 5.41) is 8.48. The molecule has 1 aromatic rings. The third-order valence-electron chi connectivity index (χ3n) is 1.91. The van der Waals surface area contributed by atoms with E-state index < -0.39 is 17.7 Å². The molecule has 0 atom stereocenters. The predicted molar refractivity (Wildman–Crippen MR) is 68.4 cm³/mol. The topological polar surface area (TPSA) is 80.4 Å². The molecule has 0 heterocycles. The molecule has 0 spiro atoms. The van der Waals surface area contributed by atoms with Crippen LogP contribution in [0.15, 0.2) is 24.3 Å². The van der Waals surface area contributed by atoms with Gasteiger partial charge in [-0.05, 0) is 29.3 Å². The lowest BCUT2D eigenvalue weighted by molar-refractivity contribution is -0.131. The summed E-state index contributed by atoms with van der Waals surface area (Å²) in [6.07, 6.45) is 2.25. The van der Waals surface area contributed by atoms with E-state index in [1.807, 2.05) is 0 Å². The first-order valence-electron chi connectivity index (χ1n) is 5.04. The van der Waals surface area contributed by atoms with Gasteiger partial charge in [-0.25, -0.2) is 9.18 Å². The molecule has 18 heavy (non-hydrogen) atoms. The Labute approximate surface area is 108 Å². The number of primary amides is 1. The van der Waals surface area contributed by atoms with Gasteiger partial charge in [0.2, 0.25) is 5.91 Å². The van der Waals surface area contributed by atoms with Crippen molar-refractivity contribution < 1.29 is 19.1 Å². The number of carbonyl (C=O) groups excluding carboxylic acids is 1. The van der Waals surface area contributed by atoms with Crippen LogP contribution >= 0.6 is 11.8 Å². The maximum Gasteiger partial charge on any atom is 0.328 e. The lowest BCUT2D eigenvalue weighted by Crippen LogP contribution is -2.13. The highest BCUT2D eigenvalue weighted by Gasteiger charge is 2.01. The molecule has 0 fully saturated rings. The van der Waals surface area contributed by atoms with E-state index in [-0.39, 0.29) is 5.75 Å². The average Bonchev–Trinajstić information content (AvgIpc) is 2.25. The number of halogens is 1. The molecule has 96 valence electrons. The number of nitrogens with two attached hydrogens (primary N) is 1. The minimum atomic E-state index is -1.09. The van der Waals surface area contributed by atoms with E-state index in [0.29, 0.717) is 16.9 Å². The summed E-state index contributed by atoms with van der Waals surface area (Å²) >= 11 is 1.27. The van der Waals surface area contributed by atoms with Crippen molar-refractivity contribution in [1.29, 1.82) is 0 Å². The first-order valence-corrected chi connectivity index (χ1v) is 6.19. The van der Waals surface area contributed by atoms with Gasteiger partial charge >= 0.3 is 5.97 Å². The van der Waals surface area contributed by atoms with Crippen LogP contribution in [0, 0.1) is 5.82 Å². The van der Waals surface area contributed by atoms with E-state index >= 15 is 0 Å². The van der Waals surface area contributed by atoms with Gasteiger partial charge in [-0.1, -0.05) is 6.07 Å². The Balaban J connectivity index is 2.74. The van der Waals surface area contributed by atoms with Gasteiger partial charge in [0.15, 0.2) is 0 Å². The zero-order valence-electron chi connectivity index (χ0n) is 9.43. The Hall–Kier alpha value is -1.82. The van der Waals surface area contributed by atoms with Gasteiger partial charge in [0.05, 0.1) is 5.75 Å². The Morgan fingerprint density at radius 2 is 2.11 bits per heavy atom. The van der Waals surface area contributed by atoms with Gasteiger partial charge < -0.3 is 10.8 Å². The Morgan fingerprint density at radius 1 is 1.39 bits per heavy atom. The van der Waals surface area contributed by atoms with Crippen molar-refractivity contribution in [3.8, 4) is 0 Å². The monoisotopic (exact) mass is 269 g/mol. The van der Waals surface area contributed by atoms with Crippen molar-refractivity contribution in [3.63, 3.8) is 0 Å². The highest BCUT2D eigenvalue weighted by Crippen LogP contribution is 2.16. The molecule has 0 aliphatic carbocycles. The molecule has 0 aliphatic rings. The molecule has 0 aliphatic heterocycles. The molecule has 0 unspecified atom stereocenters. The zero-order valence-corrected chi connectivity index (χ0v) is 10.2. The molecule has 1 amide bonds. The Kier molecular flexibility index (Phi) is 5.38. The highest BCUT2D eigenvalue weighted by molar-refractivity contribution is 7.99. The fourth-order valence-corrected chi connectivity index (χ4v) is 2.00. The number of amides is 1. The van der Waals surface area contributed by atoms with Crippen molar-refractivity contribution in [1.82, 2.24) is 0 Å². The smallest absolute Gasteiger partial charge is 0.328 e. The van der Waals surface area contributed by atoms with E-state index in [4.69, 9.17) is 10.8 Å². The molecule has 0 saturated carbocycles. The van der Waals surface area contributed by atoms with Crippen LogP contribution in [0.2, 0.25) is 0 Å². The molecule has 0 radical (unpaired) electrons. The van der Waals surface area contributed by atoms with Crippen molar-refractivity contribution in [3.05, 3.63) is 41.2 Å². The zero-order chi connectivity index (χ0) is 13.5. The summed E-state index contributed by atoms with van der Waals surface area (Å²) in [5.74, 6) is -1.37. The molecular formula is C12H12FNO3S. The third kappa shape index (κ3) is 5.49. The molecule has 3 N–H and O–H groups in total. The van der Waals surface area contributed by atoms with Gasteiger partial charge in [-0.2, -0.15) is 0 Å². The summed E-state index contributed by atoms with van der Waals surface area (Å²) in [6, 6.07) is 4.24. The fourth-order valence-electron chi connectivity index (χ4n) is 1.29. The van der Waals surface area contributed by atoms with Crippen LogP contribution in [0.1, 0.15) is 11.1 Å². The van der Waals surface area contributed by atoms with Crippen LogP contribution in [-0.2, 0) is 15.3 Å². The number of hydrogen-bond donors (Lipinski definition) is 2. The first kappa shape index (κ1) is 14.2. The summed E-state index contributed by atoms with van der Waals surface area (Å²) in [7, 11) is 0. The standard InChI is InChI=1S/C12H12FNO3S/c13-10-4-8(1-2-12(16)17)3-9(5-10)6-18-7-11(14)15/h1-5H,6-7H2,(H2,14,15)(H,16,17)/b2-1+. The maximum atomic E-state index is 13.3. The number of carboxylic acid groups (broad SMARTS) is 1. The van der Waals surface area contributed by atoms with Crippen LogP contribution in [0.3, 0.4) is 0 Å². The van der Waals surface area contributed by atoms with Crippen molar-refractivity contribution in [2.45, 2.75) is 5.75 Å². The van der Waals surface area contributed by atoms with Crippen LogP contribution in [0.4, 0.5) is 4.39 Å². The van der Waals surface area contributed by atoms with Gasteiger partial charge in [0, 0.05) is 11.8 Å². The van der Waals surface area contributed by atoms with Crippen molar-refractivity contribution in [2.24, 2.45) is 5.73 Å². The number of hydrogen-bond acceptors (Lipinski definition) is 3. The largest absolute Gasteiger partial charge is 0.478 e. The second-order valence-corrected chi connectivity index (χ2v) is 4.51. The molecular weight excluding hydrogens is 257 g/mol. The SMILES string of the molecule is NC(=O)CSCc1cc(F)cc(/C=C/C(=O)O)c1. The van der Waals surface area contributed by atoms with E-state index in [0.717, 1.165) is 6.08 Å². The van der Waals surface area contributed by atoms with E-state index in [1.165, 1.54) is 30.0 Å². The molecule has 0 saturated heterocycles. The molecule has 6 heteroatoms. The van der Waals surface area contributed by atoms with Gasteiger partial charge in [-0.15, -0.1) is 11.8 Å². The van der Waals surface area contributed by atoms with Gasteiger partial charge in [0.25, 0.3) is 0 Å². The lowest BCUT2D eigenvalue weighted by Gasteiger charge is -2.02. The number of rotatable bonds is 6. The highest BCUT2D eigenvalue weighted by atomic mass is 32.2. The third-order valence-corrected chi connectivity index (χ3v) is 2.94. The molecule has 4 nitrogen and oxygen atoms in total. The minimum absolute atomic E-state index is 0.164. The molecule has 1 rings (SSSR count). The second-order valence-electron chi connectivity index (χ2n) is 3.52. The number of benzene rings is 1. The van der Waals surface area contributed by atoms with Gasteiger partial charge in [0.1, 0.15) is 5.82 Å². The quantitative estimate of drug-likeness (QED) is 0.769. The first-order chi connectivity index (χ1) is 8.47. The van der Waals surface area contributed by atoms with Crippen LogP contribution < -0.4 is 5.73 Å². The molecule has 1 aromatic carbocycles. The number of aliphatic carboxylic acids is 1. The van der Waals surface area contributed by atoms with E-state index in [2.05, 4.69) is 0 Å². The van der Waals surface area contributed by atoms with Crippen molar-refractivity contribution in [2.75, 3.05) is 5.75 Å². The average molecular weight is 269 g/mol. The van der Waals surface area contributed by atoms with E-state index in [1.54, 1.807) is 6.07 Å². The summed E-state index contributed by atoms with van der Waals surface area (Å²) in [4.78, 5) is 20.9. The summed E-state index contributed by atoms with van der Waals surface area (Å²) in [5.41, 5.74) is 6.12. The normalized spacial score (nSPS) is 10.7. The number of thioether (sulfide) groups is 1. The molecule has 0 bridgehead atoms. The Morgan fingerprint density at radius 3 is 2.72 bits per heavy atom. The van der Waals surface area contributed by atoms with Crippen LogP contribution in [0.25, 0.3) is 6.08 Å². The van der Waals surface area contributed by atoms with E-state index in [9.17, 15) is 14.0 Å². The van der Waals surface area contributed by atoms with Crippen molar-refractivity contribution >= 4 is 29.7 Å². The second kappa shape index (κ2) is 6.80. The lowest BCUT2D eigenvalue weighted by atomic mass is 10.1. The predicted octanol–water partition coefficient (Wildman–Crippen LogP) is 1.64. The van der Waals surface area contributed by atoms with Gasteiger partial charge in [-0.3, -0.25) is 4.79 Å². The fraction of sp³-hybridized carbons (Fsp3) is 0.167. The number of carbonyl (C=O) groups is 2. The molecule has 0 aromatic heterocycles. The minimum Gasteiger partial charge on any atom is -0.478 e. The Bertz CT molecular complexity index is 488. The number of carboxylic acids is 1. The van der Waals surface area contributed by atoms with Crippen LogP contribution in [0.5, 0.6) is 0 Å². The maximum absolute atomic E-state index is 13.3. The van der Waals surface area contributed by atoms with Crippen LogP contribution in [-0.4, -0.2) is 22.7 Å².